The van der Waals surface area contributed by atoms with E-state index in [2.05, 4.69) is 16.4 Å². The van der Waals surface area contributed by atoms with Crippen LogP contribution in [0.25, 0.3) is 22.4 Å². The van der Waals surface area contributed by atoms with E-state index < -0.39 is 5.91 Å². The normalized spacial score (nSPS) is 10.4. The summed E-state index contributed by atoms with van der Waals surface area (Å²) < 4.78 is 0. The standard InChI is InChI=1S/C26H21N5O3S/c1-31(24(33)15-28)17-7-4-6-16(12-17)19-13-21(18-8-2-3-9-22(18)32)29-25(20(19)14-27)30-26(34)23-10-5-11-35-23/h2-13,32H,15,28H2,1H3,(H,29,30,34). The molecule has 2 aromatic carbocycles. The number of rotatable bonds is 6. The fourth-order valence-electron chi connectivity index (χ4n) is 3.54. The van der Waals surface area contributed by atoms with E-state index in [0.29, 0.717) is 32.9 Å². The minimum absolute atomic E-state index is 0.00761. The molecule has 174 valence electrons. The molecule has 0 unspecified atom stereocenters. The highest BCUT2D eigenvalue weighted by Gasteiger charge is 2.20. The SMILES string of the molecule is CN(C(=O)CN)c1cccc(-c2cc(-c3ccccc3O)nc(NC(=O)c3cccs3)c2C#N)c1. The predicted molar refractivity (Wildman–Crippen MR) is 136 cm³/mol. The van der Waals surface area contributed by atoms with Crippen molar-refractivity contribution in [3.05, 3.63) is 82.6 Å². The molecule has 2 aromatic heterocycles. The molecule has 4 N–H and O–H groups in total. The van der Waals surface area contributed by atoms with Crippen LogP contribution in [0.5, 0.6) is 5.75 Å². The third-order valence-electron chi connectivity index (χ3n) is 5.38. The van der Waals surface area contributed by atoms with Gasteiger partial charge in [-0.25, -0.2) is 4.98 Å². The van der Waals surface area contributed by atoms with Crippen LogP contribution in [0, 0.1) is 11.3 Å². The lowest BCUT2D eigenvalue weighted by molar-refractivity contribution is -0.117. The van der Waals surface area contributed by atoms with Crippen molar-refractivity contribution in [1.82, 2.24) is 4.98 Å². The third-order valence-corrected chi connectivity index (χ3v) is 6.25. The number of aromatic nitrogens is 1. The van der Waals surface area contributed by atoms with Gasteiger partial charge >= 0.3 is 0 Å². The molecule has 2 amide bonds. The summed E-state index contributed by atoms with van der Waals surface area (Å²) in [5, 5.41) is 25.0. The number of benzene rings is 2. The van der Waals surface area contributed by atoms with Crippen molar-refractivity contribution < 1.29 is 14.7 Å². The zero-order valence-electron chi connectivity index (χ0n) is 18.7. The molecule has 0 aliphatic rings. The maximum absolute atomic E-state index is 12.8. The molecule has 0 aliphatic heterocycles. The summed E-state index contributed by atoms with van der Waals surface area (Å²) in [6, 6.07) is 21.0. The zero-order valence-corrected chi connectivity index (χ0v) is 19.5. The van der Waals surface area contributed by atoms with Gasteiger partial charge in [0.05, 0.1) is 17.1 Å². The number of nitrogens with zero attached hydrogens (tertiary/aromatic N) is 3. The van der Waals surface area contributed by atoms with Gasteiger partial charge in [0.1, 0.15) is 17.4 Å². The summed E-state index contributed by atoms with van der Waals surface area (Å²) in [6.45, 7) is -0.143. The van der Waals surface area contributed by atoms with Crippen molar-refractivity contribution in [1.29, 1.82) is 5.26 Å². The van der Waals surface area contributed by atoms with Gasteiger partial charge in [-0.1, -0.05) is 30.3 Å². The number of carbonyl (C=O) groups is 2. The number of carbonyl (C=O) groups excluding carboxylic acids is 2. The Morgan fingerprint density at radius 3 is 2.60 bits per heavy atom. The lowest BCUT2D eigenvalue weighted by Gasteiger charge is -2.18. The topological polar surface area (TPSA) is 132 Å². The van der Waals surface area contributed by atoms with Gasteiger partial charge in [-0.2, -0.15) is 5.26 Å². The molecule has 0 atom stereocenters. The molecule has 9 heteroatoms. The number of nitrogens with two attached hydrogens (primary N) is 1. The largest absolute Gasteiger partial charge is 0.507 e. The summed E-state index contributed by atoms with van der Waals surface area (Å²) in [5.74, 6) is -0.589. The number of amides is 2. The van der Waals surface area contributed by atoms with Gasteiger partial charge in [0, 0.05) is 23.9 Å². The molecular formula is C26H21N5O3S. The molecule has 0 saturated carbocycles. The Bertz CT molecular complexity index is 1440. The van der Waals surface area contributed by atoms with E-state index in [1.807, 2.05) is 0 Å². The van der Waals surface area contributed by atoms with E-state index in [0.717, 1.165) is 0 Å². The van der Waals surface area contributed by atoms with Crippen molar-refractivity contribution >= 4 is 34.7 Å². The van der Waals surface area contributed by atoms with Gasteiger partial charge in [0.15, 0.2) is 5.82 Å². The summed E-state index contributed by atoms with van der Waals surface area (Å²) in [6.07, 6.45) is 0. The monoisotopic (exact) mass is 483 g/mol. The fraction of sp³-hybridized carbons (Fsp3) is 0.0769. The number of anilines is 2. The minimum atomic E-state index is -0.397. The lowest BCUT2D eigenvalue weighted by atomic mass is 9.97. The van der Waals surface area contributed by atoms with Crippen LogP contribution in [0.1, 0.15) is 15.2 Å². The van der Waals surface area contributed by atoms with Crippen LogP contribution < -0.4 is 16.0 Å². The molecule has 4 rings (SSSR count). The summed E-state index contributed by atoms with van der Waals surface area (Å²) in [7, 11) is 1.62. The Kier molecular flexibility index (Phi) is 6.87. The number of nitriles is 1. The van der Waals surface area contributed by atoms with Crippen LogP contribution in [-0.4, -0.2) is 35.5 Å². The minimum Gasteiger partial charge on any atom is -0.507 e. The quantitative estimate of drug-likeness (QED) is 0.376. The van der Waals surface area contributed by atoms with Crippen molar-refractivity contribution in [3.8, 4) is 34.2 Å². The Morgan fingerprint density at radius 1 is 1.11 bits per heavy atom. The lowest BCUT2D eigenvalue weighted by Crippen LogP contribution is -2.32. The van der Waals surface area contributed by atoms with Crippen molar-refractivity contribution in [2.24, 2.45) is 5.73 Å². The van der Waals surface area contributed by atoms with E-state index in [1.165, 1.54) is 22.3 Å². The molecule has 0 fully saturated rings. The number of pyridine rings is 1. The highest BCUT2D eigenvalue weighted by molar-refractivity contribution is 7.12. The Morgan fingerprint density at radius 2 is 1.91 bits per heavy atom. The van der Waals surface area contributed by atoms with Crippen molar-refractivity contribution in [2.75, 3.05) is 23.8 Å². The smallest absolute Gasteiger partial charge is 0.266 e. The van der Waals surface area contributed by atoms with Crippen LogP contribution in [0.3, 0.4) is 0 Å². The summed E-state index contributed by atoms with van der Waals surface area (Å²) in [4.78, 5) is 31.3. The highest BCUT2D eigenvalue weighted by Crippen LogP contribution is 2.36. The van der Waals surface area contributed by atoms with Gasteiger partial charge in [0.2, 0.25) is 5.91 Å². The zero-order chi connectivity index (χ0) is 24.9. The second kappa shape index (κ2) is 10.2. The van der Waals surface area contributed by atoms with E-state index in [4.69, 9.17) is 5.73 Å². The van der Waals surface area contributed by atoms with Crippen LogP contribution >= 0.6 is 11.3 Å². The van der Waals surface area contributed by atoms with Gasteiger partial charge < -0.3 is 21.1 Å². The second-order valence-corrected chi connectivity index (χ2v) is 8.49. The first-order valence-electron chi connectivity index (χ1n) is 10.6. The first-order valence-corrected chi connectivity index (χ1v) is 11.5. The average Bonchev–Trinajstić information content (AvgIpc) is 3.43. The molecule has 35 heavy (non-hydrogen) atoms. The molecule has 0 saturated heterocycles. The van der Waals surface area contributed by atoms with E-state index in [-0.39, 0.29) is 29.6 Å². The third kappa shape index (κ3) is 4.89. The van der Waals surface area contributed by atoms with Crippen LogP contribution in [0.15, 0.2) is 72.1 Å². The van der Waals surface area contributed by atoms with Gasteiger partial charge in [-0.3, -0.25) is 9.59 Å². The predicted octanol–water partition coefficient (Wildman–Crippen LogP) is 4.23. The molecule has 2 heterocycles. The number of phenolic OH excluding ortho intramolecular Hbond substituents is 1. The van der Waals surface area contributed by atoms with Gasteiger partial charge in [-0.05, 0) is 47.3 Å². The van der Waals surface area contributed by atoms with Crippen molar-refractivity contribution in [2.45, 2.75) is 0 Å². The maximum Gasteiger partial charge on any atom is 0.266 e. The highest BCUT2D eigenvalue weighted by atomic mass is 32.1. The average molecular weight is 484 g/mol. The number of nitrogens with one attached hydrogen (secondary N) is 1. The Labute approximate surface area is 205 Å². The van der Waals surface area contributed by atoms with E-state index in [9.17, 15) is 20.0 Å². The van der Waals surface area contributed by atoms with E-state index in [1.54, 1.807) is 73.1 Å². The number of hydrogen-bond donors (Lipinski definition) is 3. The number of thiophene rings is 1. The van der Waals surface area contributed by atoms with Gasteiger partial charge in [-0.15, -0.1) is 11.3 Å². The summed E-state index contributed by atoms with van der Waals surface area (Å²) >= 11 is 1.27. The van der Waals surface area contributed by atoms with Gasteiger partial charge in [0.25, 0.3) is 5.91 Å². The second-order valence-electron chi connectivity index (χ2n) is 7.55. The molecular weight excluding hydrogens is 462 g/mol. The maximum atomic E-state index is 12.8. The Balaban J connectivity index is 1.90. The molecule has 0 bridgehead atoms. The summed E-state index contributed by atoms with van der Waals surface area (Å²) in [5.41, 5.74) is 8.17. The molecule has 8 nitrogen and oxygen atoms in total. The number of phenols is 1. The van der Waals surface area contributed by atoms with E-state index >= 15 is 0 Å². The first kappa shape index (κ1) is 23.6. The number of hydrogen-bond acceptors (Lipinski definition) is 7. The molecule has 0 aliphatic carbocycles. The molecule has 4 aromatic rings. The fourth-order valence-corrected chi connectivity index (χ4v) is 4.16. The van der Waals surface area contributed by atoms with Crippen LogP contribution in [-0.2, 0) is 4.79 Å². The van der Waals surface area contributed by atoms with Crippen molar-refractivity contribution in [3.63, 3.8) is 0 Å². The molecule has 0 spiro atoms. The number of para-hydroxylation sites is 1. The van der Waals surface area contributed by atoms with Crippen LogP contribution in [0.2, 0.25) is 0 Å². The number of aromatic hydroxyl groups is 1. The first-order chi connectivity index (χ1) is 16.9. The Hall–Kier alpha value is -4.52. The molecule has 0 radical (unpaired) electrons. The number of likely N-dealkylation sites (N-methyl/N-ethyl adjacent to an activating group) is 1. The van der Waals surface area contributed by atoms with Crippen LogP contribution in [0.4, 0.5) is 11.5 Å².